The molecule has 2 rings (SSSR count). The van der Waals surface area contributed by atoms with E-state index in [9.17, 15) is 0 Å². The normalized spacial score (nSPS) is 18.3. The molecule has 0 spiro atoms. The Balaban J connectivity index is 1.60. The fourth-order valence-corrected chi connectivity index (χ4v) is 3.04. The molecule has 0 radical (unpaired) electrons. The van der Waals surface area contributed by atoms with Crippen molar-refractivity contribution in [2.75, 3.05) is 32.7 Å². The van der Waals surface area contributed by atoms with Gasteiger partial charge in [-0.05, 0) is 37.8 Å². The van der Waals surface area contributed by atoms with Crippen molar-refractivity contribution in [2.24, 2.45) is 0 Å². The highest BCUT2D eigenvalue weighted by molar-refractivity contribution is 5.14. The van der Waals surface area contributed by atoms with Gasteiger partial charge in [0.05, 0.1) is 12.1 Å². The van der Waals surface area contributed by atoms with E-state index in [1.165, 1.54) is 31.4 Å². The van der Waals surface area contributed by atoms with Crippen LogP contribution in [0.2, 0.25) is 0 Å². The van der Waals surface area contributed by atoms with Crippen molar-refractivity contribution in [3.05, 3.63) is 35.9 Å². The minimum Gasteiger partial charge on any atom is -0.301 e. The molecule has 3 nitrogen and oxygen atoms in total. The van der Waals surface area contributed by atoms with E-state index in [0.29, 0.717) is 0 Å². The van der Waals surface area contributed by atoms with Crippen molar-refractivity contribution >= 4 is 0 Å². The lowest BCUT2D eigenvalue weighted by molar-refractivity contribution is 0.111. The highest BCUT2D eigenvalue weighted by Gasteiger charge is 2.21. The predicted molar refractivity (Wildman–Crippen MR) is 87.1 cm³/mol. The molecule has 0 saturated carbocycles. The van der Waals surface area contributed by atoms with Gasteiger partial charge in [-0.3, -0.25) is 4.90 Å². The van der Waals surface area contributed by atoms with Gasteiger partial charge in [0.25, 0.3) is 0 Å². The Kier molecular flexibility index (Phi) is 6.72. The second kappa shape index (κ2) is 8.81. The van der Waals surface area contributed by atoms with Crippen LogP contribution in [-0.4, -0.2) is 48.6 Å². The Bertz CT molecular complexity index is 430. The highest BCUT2D eigenvalue weighted by Crippen LogP contribution is 2.10. The smallest absolute Gasteiger partial charge is 0.0976 e. The van der Waals surface area contributed by atoms with Gasteiger partial charge in [-0.2, -0.15) is 5.26 Å². The van der Waals surface area contributed by atoms with E-state index in [1.54, 1.807) is 0 Å². The average Bonchev–Trinajstić information content (AvgIpc) is 2.55. The topological polar surface area (TPSA) is 30.3 Å². The van der Waals surface area contributed by atoms with E-state index in [2.05, 4.69) is 53.1 Å². The summed E-state index contributed by atoms with van der Waals surface area (Å²) in [6.45, 7) is 7.62. The first kappa shape index (κ1) is 16.0. The first-order valence-corrected chi connectivity index (χ1v) is 8.23. The number of hydrogen-bond donors (Lipinski definition) is 0. The molecule has 3 heteroatoms. The van der Waals surface area contributed by atoms with Gasteiger partial charge >= 0.3 is 0 Å². The van der Waals surface area contributed by atoms with Gasteiger partial charge in [-0.15, -0.1) is 0 Å². The summed E-state index contributed by atoms with van der Waals surface area (Å²) in [7, 11) is 0. The number of nitriles is 1. The summed E-state index contributed by atoms with van der Waals surface area (Å²) in [6.07, 6.45) is 4.66. The lowest BCUT2D eigenvalue weighted by atomic mass is 10.1. The van der Waals surface area contributed by atoms with Gasteiger partial charge < -0.3 is 4.90 Å². The summed E-state index contributed by atoms with van der Waals surface area (Å²) < 4.78 is 0. The first-order valence-electron chi connectivity index (χ1n) is 8.23. The van der Waals surface area contributed by atoms with Gasteiger partial charge in [-0.25, -0.2) is 0 Å². The highest BCUT2D eigenvalue weighted by atomic mass is 15.3. The van der Waals surface area contributed by atoms with Gasteiger partial charge in [0.1, 0.15) is 0 Å². The number of benzene rings is 1. The summed E-state index contributed by atoms with van der Waals surface area (Å²) in [5.74, 6) is 0. The van der Waals surface area contributed by atoms with Crippen LogP contribution in [0, 0.1) is 11.3 Å². The van der Waals surface area contributed by atoms with Crippen LogP contribution < -0.4 is 0 Å². The van der Waals surface area contributed by atoms with Crippen molar-refractivity contribution in [1.82, 2.24) is 9.80 Å². The molecule has 0 amide bonds. The molecule has 0 bridgehead atoms. The third kappa shape index (κ3) is 5.15. The van der Waals surface area contributed by atoms with Crippen molar-refractivity contribution in [2.45, 2.75) is 38.6 Å². The number of aryl methyl sites for hydroxylation is 1. The molecule has 1 fully saturated rings. The zero-order valence-electron chi connectivity index (χ0n) is 13.2. The minimum atomic E-state index is 0.116. The van der Waals surface area contributed by atoms with Gasteiger partial charge in [-0.1, -0.05) is 37.3 Å². The van der Waals surface area contributed by atoms with Crippen molar-refractivity contribution < 1.29 is 0 Å². The molecule has 1 aliphatic heterocycles. The van der Waals surface area contributed by atoms with E-state index in [4.69, 9.17) is 5.26 Å². The molecule has 1 atom stereocenters. The zero-order valence-corrected chi connectivity index (χ0v) is 13.2. The van der Waals surface area contributed by atoms with Crippen LogP contribution in [0.5, 0.6) is 0 Å². The molecule has 1 aliphatic rings. The van der Waals surface area contributed by atoms with Crippen LogP contribution in [0.4, 0.5) is 0 Å². The van der Waals surface area contributed by atoms with E-state index in [-0.39, 0.29) is 6.04 Å². The number of nitrogens with zero attached hydrogens (tertiary/aromatic N) is 3. The molecule has 1 aromatic rings. The van der Waals surface area contributed by atoms with Crippen LogP contribution in [0.1, 0.15) is 31.7 Å². The van der Waals surface area contributed by atoms with Gasteiger partial charge in [0, 0.05) is 26.2 Å². The molecule has 0 N–H and O–H groups in total. The van der Waals surface area contributed by atoms with E-state index < -0.39 is 0 Å². The molecule has 1 heterocycles. The van der Waals surface area contributed by atoms with E-state index in [1.807, 2.05) is 0 Å². The van der Waals surface area contributed by atoms with Gasteiger partial charge in [0.15, 0.2) is 0 Å². The SMILES string of the molecule is CCC(C#N)N1CCN(CCCCc2ccccc2)CC1. The fraction of sp³-hybridized carbons (Fsp3) is 0.611. The standard InChI is InChI=1S/C18H27N3/c1-2-18(16-19)21-14-12-20(13-15-21)11-7-6-10-17-8-4-3-5-9-17/h3-5,8-9,18H,2,6-7,10-15H2,1H3. The Hall–Kier alpha value is -1.37. The van der Waals surface area contributed by atoms with Crippen molar-refractivity contribution in [1.29, 1.82) is 5.26 Å². The molecule has 0 aromatic heterocycles. The van der Waals surface area contributed by atoms with Crippen LogP contribution in [0.15, 0.2) is 30.3 Å². The Morgan fingerprint density at radius 1 is 1.10 bits per heavy atom. The van der Waals surface area contributed by atoms with Crippen LogP contribution in [0.25, 0.3) is 0 Å². The summed E-state index contributed by atoms with van der Waals surface area (Å²) in [5.41, 5.74) is 1.45. The number of unbranched alkanes of at least 4 members (excludes halogenated alkanes) is 1. The van der Waals surface area contributed by atoms with E-state index in [0.717, 1.165) is 32.6 Å². The predicted octanol–water partition coefficient (Wildman–Crippen LogP) is 2.93. The molecule has 114 valence electrons. The minimum absolute atomic E-state index is 0.116. The lowest BCUT2D eigenvalue weighted by Gasteiger charge is -2.36. The quantitative estimate of drug-likeness (QED) is 0.722. The number of rotatable bonds is 7. The summed E-state index contributed by atoms with van der Waals surface area (Å²) in [4.78, 5) is 4.88. The van der Waals surface area contributed by atoms with Crippen molar-refractivity contribution in [3.8, 4) is 6.07 Å². The molecule has 0 aliphatic carbocycles. The Morgan fingerprint density at radius 3 is 2.43 bits per heavy atom. The van der Waals surface area contributed by atoms with Crippen LogP contribution in [-0.2, 0) is 6.42 Å². The molecular formula is C18H27N3. The maximum absolute atomic E-state index is 9.12. The lowest BCUT2D eigenvalue weighted by Crippen LogP contribution is -2.49. The number of piperazine rings is 1. The van der Waals surface area contributed by atoms with Crippen LogP contribution in [0.3, 0.4) is 0 Å². The third-order valence-electron chi connectivity index (χ3n) is 4.42. The molecule has 21 heavy (non-hydrogen) atoms. The molecule has 1 saturated heterocycles. The molecule has 1 unspecified atom stereocenters. The maximum atomic E-state index is 9.12. The molecule has 1 aromatic carbocycles. The van der Waals surface area contributed by atoms with E-state index >= 15 is 0 Å². The largest absolute Gasteiger partial charge is 0.301 e. The zero-order chi connectivity index (χ0) is 14.9. The summed E-state index contributed by atoms with van der Waals surface area (Å²) in [6, 6.07) is 13.3. The maximum Gasteiger partial charge on any atom is 0.0976 e. The molecular weight excluding hydrogens is 258 g/mol. The third-order valence-corrected chi connectivity index (χ3v) is 4.42. The van der Waals surface area contributed by atoms with Gasteiger partial charge in [0.2, 0.25) is 0 Å². The van der Waals surface area contributed by atoms with Crippen LogP contribution >= 0.6 is 0 Å². The Morgan fingerprint density at radius 2 is 1.81 bits per heavy atom. The average molecular weight is 285 g/mol. The number of hydrogen-bond acceptors (Lipinski definition) is 3. The summed E-state index contributed by atoms with van der Waals surface area (Å²) in [5, 5.41) is 9.12. The summed E-state index contributed by atoms with van der Waals surface area (Å²) >= 11 is 0. The monoisotopic (exact) mass is 285 g/mol. The fourth-order valence-electron chi connectivity index (χ4n) is 3.04. The Labute approximate surface area is 129 Å². The second-order valence-electron chi connectivity index (χ2n) is 5.87. The second-order valence-corrected chi connectivity index (χ2v) is 5.87. The first-order chi connectivity index (χ1) is 10.3. The van der Waals surface area contributed by atoms with Crippen molar-refractivity contribution in [3.63, 3.8) is 0 Å².